The number of hydrogen-bond donors (Lipinski definition) is 1. The van der Waals surface area contributed by atoms with Gasteiger partial charge in [-0.3, -0.25) is 9.58 Å². The summed E-state index contributed by atoms with van der Waals surface area (Å²) in [5, 5.41) is 14.8. The molecule has 1 N–H and O–H groups in total. The lowest BCUT2D eigenvalue weighted by Gasteiger charge is -2.37. The van der Waals surface area contributed by atoms with Crippen molar-refractivity contribution in [3.05, 3.63) is 17.5 Å². The Labute approximate surface area is 121 Å². The van der Waals surface area contributed by atoms with Crippen molar-refractivity contribution in [2.24, 2.45) is 13.0 Å². The first-order valence-corrected chi connectivity index (χ1v) is 8.07. The number of rotatable bonds is 3. The summed E-state index contributed by atoms with van der Waals surface area (Å²) in [6, 6.07) is 2.76. The third-order valence-electron chi connectivity index (χ3n) is 5.15. The predicted molar refractivity (Wildman–Crippen MR) is 79.3 cm³/mol. The highest BCUT2D eigenvalue weighted by molar-refractivity contribution is 5.09. The second-order valence-electron chi connectivity index (χ2n) is 6.60. The van der Waals surface area contributed by atoms with Crippen LogP contribution in [-0.4, -0.2) is 38.5 Å². The fourth-order valence-electron chi connectivity index (χ4n) is 4.14. The molecule has 112 valence electrons. The van der Waals surface area contributed by atoms with Crippen molar-refractivity contribution in [2.45, 2.75) is 64.1 Å². The van der Waals surface area contributed by atoms with E-state index in [0.29, 0.717) is 12.0 Å². The van der Waals surface area contributed by atoms with Gasteiger partial charge in [-0.15, -0.1) is 0 Å². The van der Waals surface area contributed by atoms with Gasteiger partial charge in [0.15, 0.2) is 0 Å². The molecule has 1 saturated heterocycles. The van der Waals surface area contributed by atoms with Gasteiger partial charge >= 0.3 is 0 Å². The first-order valence-electron chi connectivity index (χ1n) is 8.07. The van der Waals surface area contributed by atoms with E-state index in [0.717, 1.165) is 25.2 Å². The molecule has 1 aromatic rings. The van der Waals surface area contributed by atoms with Crippen molar-refractivity contribution >= 4 is 0 Å². The molecule has 1 aliphatic heterocycles. The number of aromatic nitrogens is 2. The molecule has 20 heavy (non-hydrogen) atoms. The van der Waals surface area contributed by atoms with Gasteiger partial charge in [0.25, 0.3) is 0 Å². The highest BCUT2D eigenvalue weighted by atomic mass is 16.3. The molecular formula is C16H27N3O. The molecule has 2 aliphatic rings. The van der Waals surface area contributed by atoms with Crippen molar-refractivity contribution in [3.63, 3.8) is 0 Å². The maximum absolute atomic E-state index is 10.3. The molecule has 3 unspecified atom stereocenters. The Bertz CT molecular complexity index is 457. The van der Waals surface area contributed by atoms with E-state index < -0.39 is 0 Å². The molecule has 1 aromatic heterocycles. The number of aryl methyl sites for hydroxylation is 2. The third-order valence-corrected chi connectivity index (χ3v) is 5.15. The van der Waals surface area contributed by atoms with Crippen molar-refractivity contribution < 1.29 is 5.11 Å². The third kappa shape index (κ3) is 2.77. The van der Waals surface area contributed by atoms with E-state index in [-0.39, 0.29) is 6.10 Å². The van der Waals surface area contributed by atoms with Crippen LogP contribution in [0.3, 0.4) is 0 Å². The molecule has 2 fully saturated rings. The Hall–Kier alpha value is -0.870. The van der Waals surface area contributed by atoms with Crippen LogP contribution < -0.4 is 0 Å². The summed E-state index contributed by atoms with van der Waals surface area (Å²) >= 11 is 0. The molecule has 0 radical (unpaired) electrons. The minimum Gasteiger partial charge on any atom is -0.393 e. The minimum absolute atomic E-state index is 0.0809. The van der Waals surface area contributed by atoms with Crippen LogP contribution in [0.15, 0.2) is 6.07 Å². The predicted octanol–water partition coefficient (Wildman–Crippen LogP) is 2.24. The number of aliphatic hydroxyl groups is 1. The summed E-state index contributed by atoms with van der Waals surface area (Å²) in [5.74, 6) is 0.487. The molecule has 0 aromatic carbocycles. The van der Waals surface area contributed by atoms with E-state index in [1.807, 2.05) is 11.7 Å². The summed E-state index contributed by atoms with van der Waals surface area (Å²) < 4.78 is 2.00. The summed E-state index contributed by atoms with van der Waals surface area (Å²) in [4.78, 5) is 2.58. The normalized spacial score (nSPS) is 31.9. The quantitative estimate of drug-likeness (QED) is 0.921. The lowest BCUT2D eigenvalue weighted by molar-refractivity contribution is 0.0196. The van der Waals surface area contributed by atoms with Gasteiger partial charge in [-0.1, -0.05) is 12.8 Å². The summed E-state index contributed by atoms with van der Waals surface area (Å²) in [6.07, 6.45) is 7.13. The number of likely N-dealkylation sites (tertiary alicyclic amines) is 1. The summed E-state index contributed by atoms with van der Waals surface area (Å²) in [6.45, 7) is 4.19. The number of nitrogens with zero attached hydrogens (tertiary/aromatic N) is 3. The number of hydrogen-bond acceptors (Lipinski definition) is 3. The second-order valence-corrected chi connectivity index (χ2v) is 6.60. The first-order chi connectivity index (χ1) is 9.65. The van der Waals surface area contributed by atoms with Crippen molar-refractivity contribution in [1.29, 1.82) is 0 Å². The van der Waals surface area contributed by atoms with Gasteiger partial charge in [0, 0.05) is 25.6 Å². The average molecular weight is 277 g/mol. The lowest BCUT2D eigenvalue weighted by atomic mass is 9.80. The molecule has 1 saturated carbocycles. The topological polar surface area (TPSA) is 41.3 Å². The Kier molecular flexibility index (Phi) is 4.13. The molecule has 0 amide bonds. The Balaban J connectivity index is 1.70. The van der Waals surface area contributed by atoms with E-state index in [1.54, 1.807) is 0 Å². The van der Waals surface area contributed by atoms with Crippen LogP contribution in [0.4, 0.5) is 0 Å². The summed E-state index contributed by atoms with van der Waals surface area (Å²) in [5.41, 5.74) is 2.38. The summed E-state index contributed by atoms with van der Waals surface area (Å²) in [7, 11) is 2.03. The average Bonchev–Trinajstić information content (AvgIpc) is 2.98. The van der Waals surface area contributed by atoms with Gasteiger partial charge in [0.2, 0.25) is 0 Å². The molecular weight excluding hydrogens is 250 g/mol. The molecule has 4 heteroatoms. The van der Waals surface area contributed by atoms with E-state index in [2.05, 4.69) is 23.0 Å². The smallest absolute Gasteiger partial charge is 0.0597 e. The van der Waals surface area contributed by atoms with Crippen molar-refractivity contribution in [1.82, 2.24) is 14.7 Å². The van der Waals surface area contributed by atoms with Crippen LogP contribution in [0.1, 0.15) is 49.9 Å². The van der Waals surface area contributed by atoms with Crippen LogP contribution in [0.5, 0.6) is 0 Å². The Morgan fingerprint density at radius 1 is 1.25 bits per heavy atom. The van der Waals surface area contributed by atoms with Gasteiger partial charge in [0.1, 0.15) is 0 Å². The first kappa shape index (κ1) is 14.1. The van der Waals surface area contributed by atoms with Crippen molar-refractivity contribution in [3.8, 4) is 0 Å². The lowest BCUT2D eigenvalue weighted by Crippen LogP contribution is -2.42. The molecule has 2 heterocycles. The second kappa shape index (κ2) is 5.86. The SMILES string of the molecule is Cc1cc(CN2CCCC2C2CCCCC2O)n(C)n1. The maximum atomic E-state index is 10.3. The maximum Gasteiger partial charge on any atom is 0.0597 e. The van der Waals surface area contributed by atoms with Crippen LogP contribution in [0, 0.1) is 12.8 Å². The van der Waals surface area contributed by atoms with Crippen LogP contribution >= 0.6 is 0 Å². The van der Waals surface area contributed by atoms with Gasteiger partial charge < -0.3 is 5.11 Å². The zero-order valence-electron chi connectivity index (χ0n) is 12.8. The monoisotopic (exact) mass is 277 g/mol. The zero-order valence-corrected chi connectivity index (χ0v) is 12.8. The van der Waals surface area contributed by atoms with Crippen LogP contribution in [0.25, 0.3) is 0 Å². The Morgan fingerprint density at radius 3 is 2.75 bits per heavy atom. The van der Waals surface area contributed by atoms with Gasteiger partial charge in [-0.05, 0) is 45.2 Å². The van der Waals surface area contributed by atoms with E-state index in [4.69, 9.17) is 0 Å². The Morgan fingerprint density at radius 2 is 2.05 bits per heavy atom. The van der Waals surface area contributed by atoms with Crippen LogP contribution in [0.2, 0.25) is 0 Å². The van der Waals surface area contributed by atoms with E-state index in [9.17, 15) is 5.11 Å². The molecule has 0 spiro atoms. The fraction of sp³-hybridized carbons (Fsp3) is 0.812. The van der Waals surface area contributed by atoms with Gasteiger partial charge in [-0.2, -0.15) is 5.10 Å². The zero-order chi connectivity index (χ0) is 14.1. The standard InChI is InChI=1S/C16H27N3O/c1-12-10-13(18(2)17-12)11-19-9-5-7-15(19)14-6-3-4-8-16(14)20/h10,14-16,20H,3-9,11H2,1-2H3. The van der Waals surface area contributed by atoms with Gasteiger partial charge in [0.05, 0.1) is 17.5 Å². The van der Waals surface area contributed by atoms with Gasteiger partial charge in [-0.25, -0.2) is 0 Å². The van der Waals surface area contributed by atoms with E-state index in [1.165, 1.54) is 37.8 Å². The molecule has 4 nitrogen and oxygen atoms in total. The molecule has 3 atom stereocenters. The van der Waals surface area contributed by atoms with Crippen molar-refractivity contribution in [2.75, 3.05) is 6.54 Å². The van der Waals surface area contributed by atoms with Crippen LogP contribution in [-0.2, 0) is 13.6 Å². The molecule has 1 aliphatic carbocycles. The number of aliphatic hydroxyl groups excluding tert-OH is 1. The molecule has 0 bridgehead atoms. The minimum atomic E-state index is -0.0809. The largest absolute Gasteiger partial charge is 0.393 e. The highest BCUT2D eigenvalue weighted by Crippen LogP contribution is 2.35. The molecule has 3 rings (SSSR count). The van der Waals surface area contributed by atoms with E-state index >= 15 is 0 Å². The fourth-order valence-corrected chi connectivity index (χ4v) is 4.14. The highest BCUT2D eigenvalue weighted by Gasteiger charge is 2.36.